The summed E-state index contributed by atoms with van der Waals surface area (Å²) in [4.78, 5) is 54.0. The zero-order valence-corrected chi connectivity index (χ0v) is 18.5. The van der Waals surface area contributed by atoms with Crippen molar-refractivity contribution < 1.29 is 28.7 Å². The van der Waals surface area contributed by atoms with Crippen molar-refractivity contribution in [3.05, 3.63) is 34.7 Å². The van der Waals surface area contributed by atoms with Gasteiger partial charge in [0.2, 0.25) is 5.91 Å². The van der Waals surface area contributed by atoms with Crippen LogP contribution in [0.3, 0.4) is 0 Å². The number of rotatable bonds is 6. The van der Waals surface area contributed by atoms with Gasteiger partial charge in [-0.1, -0.05) is 12.1 Å². The molecule has 9 nitrogen and oxygen atoms in total. The summed E-state index contributed by atoms with van der Waals surface area (Å²) in [5.41, 5.74) is 0.716. The first-order valence-corrected chi connectivity index (χ1v) is 11.4. The van der Waals surface area contributed by atoms with Crippen molar-refractivity contribution in [1.82, 2.24) is 14.7 Å². The van der Waals surface area contributed by atoms with Gasteiger partial charge >= 0.3 is 0 Å². The van der Waals surface area contributed by atoms with Crippen LogP contribution in [0.25, 0.3) is 6.08 Å². The molecule has 4 rings (SSSR count). The number of likely N-dealkylation sites (tertiary alicyclic amines) is 1. The second-order valence-corrected chi connectivity index (χ2v) is 8.70. The first kappa shape index (κ1) is 22.3. The van der Waals surface area contributed by atoms with Crippen molar-refractivity contribution in [2.75, 3.05) is 52.5 Å². The van der Waals surface area contributed by atoms with Gasteiger partial charge in [0.15, 0.2) is 6.61 Å². The van der Waals surface area contributed by atoms with E-state index in [0.29, 0.717) is 50.7 Å². The molecule has 4 amide bonds. The SMILES string of the molecule is O=C(COc1ccc(/C=C2\SC(=O)N(CC(=O)N3CCCC3)C2=O)cc1)N1CCOCC1. The van der Waals surface area contributed by atoms with E-state index in [-0.39, 0.29) is 29.9 Å². The number of ether oxygens (including phenoxy) is 2. The number of carbonyl (C=O) groups is 4. The summed E-state index contributed by atoms with van der Waals surface area (Å²) in [5, 5.41) is -0.435. The third kappa shape index (κ3) is 5.31. The Bertz CT molecular complexity index is 920. The molecular formula is C22H25N3O6S. The molecule has 0 saturated carbocycles. The van der Waals surface area contributed by atoms with E-state index in [1.54, 1.807) is 40.1 Å². The van der Waals surface area contributed by atoms with Gasteiger partial charge in [-0.05, 0) is 48.4 Å². The summed E-state index contributed by atoms with van der Waals surface area (Å²) in [6, 6.07) is 6.91. The number of imide groups is 1. The lowest BCUT2D eigenvalue weighted by Gasteiger charge is -2.26. The summed E-state index contributed by atoms with van der Waals surface area (Å²) in [6.07, 6.45) is 3.52. The molecule has 3 heterocycles. The molecule has 1 aromatic rings. The van der Waals surface area contributed by atoms with Crippen molar-refractivity contribution in [3.8, 4) is 5.75 Å². The van der Waals surface area contributed by atoms with E-state index in [9.17, 15) is 19.2 Å². The topological polar surface area (TPSA) is 96.5 Å². The molecule has 0 N–H and O–H groups in total. The Morgan fingerprint density at radius 1 is 0.969 bits per heavy atom. The average Bonchev–Trinajstić information content (AvgIpc) is 3.44. The van der Waals surface area contributed by atoms with Gasteiger partial charge in [-0.3, -0.25) is 24.1 Å². The number of thioether (sulfide) groups is 1. The number of nitrogens with zero attached hydrogens (tertiary/aromatic N) is 3. The molecule has 0 radical (unpaired) electrons. The smallest absolute Gasteiger partial charge is 0.294 e. The third-order valence-electron chi connectivity index (χ3n) is 5.53. The number of amides is 4. The van der Waals surface area contributed by atoms with Crippen molar-refractivity contribution in [2.45, 2.75) is 12.8 Å². The lowest BCUT2D eigenvalue weighted by molar-refractivity contribution is -0.137. The maximum atomic E-state index is 12.6. The normalized spacial score (nSPS) is 20.4. The minimum Gasteiger partial charge on any atom is -0.484 e. The molecule has 0 bridgehead atoms. The highest BCUT2D eigenvalue weighted by molar-refractivity contribution is 8.18. The molecule has 170 valence electrons. The van der Waals surface area contributed by atoms with Gasteiger partial charge < -0.3 is 19.3 Å². The molecule has 0 aliphatic carbocycles. The van der Waals surface area contributed by atoms with Gasteiger partial charge in [0, 0.05) is 26.2 Å². The molecule has 3 saturated heterocycles. The number of benzene rings is 1. The molecule has 1 aromatic carbocycles. The summed E-state index contributed by atoms with van der Waals surface area (Å²) in [5.74, 6) is -0.203. The molecular weight excluding hydrogens is 434 g/mol. The fourth-order valence-electron chi connectivity index (χ4n) is 3.70. The highest BCUT2D eigenvalue weighted by Gasteiger charge is 2.37. The second-order valence-electron chi connectivity index (χ2n) is 7.71. The largest absolute Gasteiger partial charge is 0.484 e. The number of hydrogen-bond donors (Lipinski definition) is 0. The van der Waals surface area contributed by atoms with Crippen LogP contribution in [0.4, 0.5) is 4.79 Å². The Hall–Kier alpha value is -2.85. The van der Waals surface area contributed by atoms with Crippen LogP contribution >= 0.6 is 11.8 Å². The van der Waals surface area contributed by atoms with E-state index in [1.807, 2.05) is 0 Å². The van der Waals surface area contributed by atoms with E-state index >= 15 is 0 Å². The monoisotopic (exact) mass is 459 g/mol. The van der Waals surface area contributed by atoms with Crippen LogP contribution in [0, 0.1) is 0 Å². The van der Waals surface area contributed by atoms with Crippen LogP contribution in [-0.4, -0.2) is 90.2 Å². The van der Waals surface area contributed by atoms with Crippen LogP contribution in [0.5, 0.6) is 5.75 Å². The van der Waals surface area contributed by atoms with Crippen LogP contribution in [0.15, 0.2) is 29.2 Å². The van der Waals surface area contributed by atoms with Gasteiger partial charge in [0.1, 0.15) is 12.3 Å². The van der Waals surface area contributed by atoms with Crippen LogP contribution in [0.2, 0.25) is 0 Å². The molecule has 10 heteroatoms. The summed E-state index contributed by atoms with van der Waals surface area (Å²) < 4.78 is 10.8. The molecule has 3 aliphatic heterocycles. The van der Waals surface area contributed by atoms with Crippen LogP contribution in [-0.2, 0) is 19.1 Å². The Labute approximate surface area is 190 Å². The summed E-state index contributed by atoms with van der Waals surface area (Å²) >= 11 is 0.831. The number of carbonyl (C=O) groups excluding carboxylic acids is 4. The lowest BCUT2D eigenvalue weighted by Crippen LogP contribution is -2.42. The van der Waals surface area contributed by atoms with Crippen LogP contribution < -0.4 is 4.74 Å². The molecule has 0 aromatic heterocycles. The fraction of sp³-hybridized carbons (Fsp3) is 0.455. The summed E-state index contributed by atoms with van der Waals surface area (Å²) in [7, 11) is 0. The Morgan fingerprint density at radius 3 is 2.31 bits per heavy atom. The maximum absolute atomic E-state index is 12.6. The average molecular weight is 460 g/mol. The zero-order chi connectivity index (χ0) is 22.5. The van der Waals surface area contributed by atoms with E-state index in [1.165, 1.54) is 0 Å². The Balaban J connectivity index is 1.32. The first-order valence-electron chi connectivity index (χ1n) is 10.6. The Kier molecular flexibility index (Phi) is 7.11. The molecule has 0 spiro atoms. The maximum Gasteiger partial charge on any atom is 0.294 e. The standard InChI is InChI=1S/C22H25N3O6S/c26-19(23-7-1-2-8-23)14-25-21(28)18(32-22(25)29)13-16-3-5-17(6-4-16)31-15-20(27)24-9-11-30-12-10-24/h3-6,13H,1-2,7-12,14-15H2/b18-13-. The van der Waals surface area contributed by atoms with E-state index < -0.39 is 11.1 Å². The van der Waals surface area contributed by atoms with Crippen molar-refractivity contribution in [1.29, 1.82) is 0 Å². The highest BCUT2D eigenvalue weighted by Crippen LogP contribution is 2.32. The van der Waals surface area contributed by atoms with Crippen molar-refractivity contribution >= 4 is 40.8 Å². The fourth-order valence-corrected chi connectivity index (χ4v) is 4.54. The van der Waals surface area contributed by atoms with Crippen molar-refractivity contribution in [3.63, 3.8) is 0 Å². The van der Waals surface area contributed by atoms with E-state index in [4.69, 9.17) is 9.47 Å². The van der Waals surface area contributed by atoms with E-state index in [2.05, 4.69) is 0 Å². The van der Waals surface area contributed by atoms with Gasteiger partial charge in [0.25, 0.3) is 17.1 Å². The first-order chi connectivity index (χ1) is 15.5. The predicted molar refractivity (Wildman–Crippen MR) is 118 cm³/mol. The quantitative estimate of drug-likeness (QED) is 0.596. The lowest BCUT2D eigenvalue weighted by atomic mass is 10.2. The molecule has 3 aliphatic rings. The van der Waals surface area contributed by atoms with Gasteiger partial charge in [-0.25, -0.2) is 0 Å². The molecule has 0 unspecified atom stereocenters. The zero-order valence-electron chi connectivity index (χ0n) is 17.7. The molecule has 0 atom stereocenters. The molecule has 32 heavy (non-hydrogen) atoms. The number of morpholine rings is 1. The van der Waals surface area contributed by atoms with E-state index in [0.717, 1.165) is 29.5 Å². The Morgan fingerprint density at radius 2 is 1.62 bits per heavy atom. The summed E-state index contributed by atoms with van der Waals surface area (Å²) in [6.45, 7) is 3.31. The van der Waals surface area contributed by atoms with Gasteiger partial charge in [0.05, 0.1) is 18.1 Å². The minimum absolute atomic E-state index is 0.0523. The minimum atomic E-state index is -0.455. The highest BCUT2D eigenvalue weighted by atomic mass is 32.2. The number of hydrogen-bond acceptors (Lipinski definition) is 7. The van der Waals surface area contributed by atoms with Crippen LogP contribution in [0.1, 0.15) is 18.4 Å². The predicted octanol–water partition coefficient (Wildman–Crippen LogP) is 1.58. The van der Waals surface area contributed by atoms with Gasteiger partial charge in [-0.2, -0.15) is 0 Å². The second kappa shape index (κ2) is 10.2. The van der Waals surface area contributed by atoms with Gasteiger partial charge in [-0.15, -0.1) is 0 Å². The van der Waals surface area contributed by atoms with Crippen molar-refractivity contribution in [2.24, 2.45) is 0 Å². The third-order valence-corrected chi connectivity index (χ3v) is 6.44. The molecule has 3 fully saturated rings.